The highest BCUT2D eigenvalue weighted by molar-refractivity contribution is 5.62. The average molecular weight is 278 g/mol. The van der Waals surface area contributed by atoms with Crippen LogP contribution in [0.1, 0.15) is 38.3 Å². The highest BCUT2D eigenvalue weighted by atomic mass is 16.5. The molecule has 0 saturated heterocycles. The van der Waals surface area contributed by atoms with Crippen LogP contribution in [0, 0.1) is 0 Å². The van der Waals surface area contributed by atoms with Gasteiger partial charge in [0.25, 0.3) is 0 Å². The number of aliphatic hydroxyl groups is 1. The van der Waals surface area contributed by atoms with Crippen molar-refractivity contribution < 1.29 is 9.84 Å². The highest BCUT2D eigenvalue weighted by Gasteiger charge is 2.31. The van der Waals surface area contributed by atoms with E-state index >= 15 is 0 Å². The van der Waals surface area contributed by atoms with E-state index in [1.807, 2.05) is 12.1 Å². The molecule has 0 aliphatic heterocycles. The fourth-order valence-corrected chi connectivity index (χ4v) is 2.80. The summed E-state index contributed by atoms with van der Waals surface area (Å²) in [6.07, 6.45) is 2.43. The van der Waals surface area contributed by atoms with Crippen molar-refractivity contribution in [2.45, 2.75) is 38.8 Å². The molecule has 0 spiro atoms. The number of anilines is 1. The number of nitrogens with one attached hydrogen (secondary N) is 1. The van der Waals surface area contributed by atoms with Crippen molar-refractivity contribution in [1.29, 1.82) is 0 Å². The summed E-state index contributed by atoms with van der Waals surface area (Å²) < 4.78 is 5.55. The van der Waals surface area contributed by atoms with Gasteiger partial charge in [0.1, 0.15) is 5.75 Å². The summed E-state index contributed by atoms with van der Waals surface area (Å²) in [4.78, 5) is 2.33. The first-order valence-electron chi connectivity index (χ1n) is 7.50. The zero-order valence-corrected chi connectivity index (χ0v) is 12.7. The zero-order chi connectivity index (χ0) is 14.5. The van der Waals surface area contributed by atoms with Crippen LogP contribution in [0.2, 0.25) is 0 Å². The van der Waals surface area contributed by atoms with E-state index in [-0.39, 0.29) is 12.6 Å². The molecule has 1 aromatic rings. The lowest BCUT2D eigenvalue weighted by Gasteiger charge is -2.29. The van der Waals surface area contributed by atoms with Crippen molar-refractivity contribution in [1.82, 2.24) is 5.32 Å². The van der Waals surface area contributed by atoms with Gasteiger partial charge in [-0.2, -0.15) is 0 Å². The van der Waals surface area contributed by atoms with Gasteiger partial charge in [-0.1, -0.05) is 13.0 Å². The Kier molecular flexibility index (Phi) is 5.26. The van der Waals surface area contributed by atoms with Gasteiger partial charge in [-0.3, -0.25) is 0 Å². The molecule has 4 nitrogen and oxygen atoms in total. The number of ether oxygens (including phenoxy) is 1. The summed E-state index contributed by atoms with van der Waals surface area (Å²) >= 11 is 0. The number of hydrogen-bond acceptors (Lipinski definition) is 4. The lowest BCUT2D eigenvalue weighted by molar-refractivity contribution is 0.301. The lowest BCUT2D eigenvalue weighted by Crippen LogP contribution is -2.31. The predicted molar refractivity (Wildman–Crippen MR) is 82.5 cm³/mol. The Labute approximate surface area is 121 Å². The summed E-state index contributed by atoms with van der Waals surface area (Å²) in [5.41, 5.74) is 2.38. The van der Waals surface area contributed by atoms with Crippen molar-refractivity contribution in [2.24, 2.45) is 0 Å². The predicted octanol–water partition coefficient (Wildman–Crippen LogP) is 2.33. The fraction of sp³-hybridized carbons (Fsp3) is 0.625. The van der Waals surface area contributed by atoms with E-state index in [1.54, 1.807) is 7.11 Å². The Morgan fingerprint density at radius 1 is 1.45 bits per heavy atom. The minimum atomic E-state index is 0.183. The molecule has 1 fully saturated rings. The lowest BCUT2D eigenvalue weighted by atomic mass is 10.0. The van der Waals surface area contributed by atoms with Gasteiger partial charge in [0.05, 0.1) is 13.7 Å². The number of hydrogen-bond donors (Lipinski definition) is 2. The topological polar surface area (TPSA) is 44.7 Å². The Bertz CT molecular complexity index is 432. The van der Waals surface area contributed by atoms with Crippen LogP contribution in [0.25, 0.3) is 0 Å². The monoisotopic (exact) mass is 278 g/mol. The van der Waals surface area contributed by atoms with Gasteiger partial charge >= 0.3 is 0 Å². The molecule has 0 heterocycles. The molecule has 1 saturated carbocycles. The van der Waals surface area contributed by atoms with Crippen LogP contribution < -0.4 is 15.0 Å². The van der Waals surface area contributed by atoms with Crippen LogP contribution >= 0.6 is 0 Å². The molecule has 1 aliphatic carbocycles. The van der Waals surface area contributed by atoms with Crippen LogP contribution in [0.5, 0.6) is 5.75 Å². The van der Waals surface area contributed by atoms with E-state index < -0.39 is 0 Å². The van der Waals surface area contributed by atoms with Crippen molar-refractivity contribution in [3.8, 4) is 5.75 Å². The third-order valence-electron chi connectivity index (χ3n) is 3.84. The summed E-state index contributed by atoms with van der Waals surface area (Å²) in [6, 6.07) is 6.98. The van der Waals surface area contributed by atoms with Crippen molar-refractivity contribution in [3.63, 3.8) is 0 Å². The van der Waals surface area contributed by atoms with Gasteiger partial charge in [0.15, 0.2) is 0 Å². The summed E-state index contributed by atoms with van der Waals surface area (Å²) in [7, 11) is 1.72. The van der Waals surface area contributed by atoms with Crippen LogP contribution in [-0.4, -0.2) is 38.0 Å². The molecule has 2 N–H and O–H groups in total. The third-order valence-corrected chi connectivity index (χ3v) is 3.84. The zero-order valence-electron chi connectivity index (χ0n) is 12.7. The van der Waals surface area contributed by atoms with E-state index in [4.69, 9.17) is 4.74 Å². The molecule has 0 radical (unpaired) electrons. The van der Waals surface area contributed by atoms with Gasteiger partial charge in [-0.05, 0) is 38.4 Å². The summed E-state index contributed by atoms with van der Waals surface area (Å²) in [5, 5.41) is 12.8. The number of nitrogens with zero attached hydrogens (tertiary/aromatic N) is 1. The van der Waals surface area contributed by atoms with Crippen molar-refractivity contribution in [3.05, 3.63) is 23.8 Å². The fourth-order valence-electron chi connectivity index (χ4n) is 2.80. The van der Waals surface area contributed by atoms with Gasteiger partial charge in [0.2, 0.25) is 0 Å². The van der Waals surface area contributed by atoms with Gasteiger partial charge < -0.3 is 20.1 Å². The van der Waals surface area contributed by atoms with Crippen molar-refractivity contribution in [2.75, 3.05) is 31.7 Å². The summed E-state index contributed by atoms with van der Waals surface area (Å²) in [5.74, 6) is 0.916. The first-order valence-corrected chi connectivity index (χ1v) is 7.50. The van der Waals surface area contributed by atoms with E-state index in [0.29, 0.717) is 12.6 Å². The van der Waals surface area contributed by atoms with Gasteiger partial charge in [-0.15, -0.1) is 0 Å². The minimum Gasteiger partial charge on any atom is -0.496 e. The molecule has 20 heavy (non-hydrogen) atoms. The molecule has 1 aliphatic rings. The third kappa shape index (κ3) is 3.25. The highest BCUT2D eigenvalue weighted by Crippen LogP contribution is 2.39. The molecule has 1 aromatic carbocycles. The normalized spacial score (nSPS) is 16.0. The molecule has 4 heteroatoms. The molecule has 112 valence electrons. The standard InChI is InChI=1S/C16H26N2O2/c1-4-17-12(2)16-14(6-5-7-15(16)20-3)18(10-11-19)13-8-9-13/h5-7,12-13,17,19H,4,8-11H2,1-3H3. The Balaban J connectivity index is 2.39. The van der Waals surface area contributed by atoms with E-state index in [9.17, 15) is 5.11 Å². The van der Waals surface area contributed by atoms with E-state index in [1.165, 1.54) is 24.1 Å². The maximum Gasteiger partial charge on any atom is 0.125 e. The van der Waals surface area contributed by atoms with E-state index in [0.717, 1.165) is 12.3 Å². The molecule has 0 aromatic heterocycles. The maximum absolute atomic E-state index is 9.35. The van der Waals surface area contributed by atoms with Crippen LogP contribution in [-0.2, 0) is 0 Å². The van der Waals surface area contributed by atoms with Gasteiger partial charge in [0, 0.05) is 29.9 Å². The molecule has 1 unspecified atom stereocenters. The first kappa shape index (κ1) is 15.1. The maximum atomic E-state index is 9.35. The Hall–Kier alpha value is -1.26. The molecule has 2 rings (SSSR count). The van der Waals surface area contributed by atoms with Crippen LogP contribution in [0.3, 0.4) is 0 Å². The van der Waals surface area contributed by atoms with Crippen molar-refractivity contribution >= 4 is 5.69 Å². The number of methoxy groups -OCH3 is 1. The van der Waals surface area contributed by atoms with Crippen LogP contribution in [0.15, 0.2) is 18.2 Å². The first-order chi connectivity index (χ1) is 9.72. The molecule has 0 amide bonds. The quantitative estimate of drug-likeness (QED) is 0.766. The number of benzene rings is 1. The second-order valence-electron chi connectivity index (χ2n) is 5.32. The smallest absolute Gasteiger partial charge is 0.125 e. The molecular weight excluding hydrogens is 252 g/mol. The number of aliphatic hydroxyl groups excluding tert-OH is 1. The minimum absolute atomic E-state index is 0.183. The van der Waals surface area contributed by atoms with E-state index in [2.05, 4.69) is 30.1 Å². The second kappa shape index (κ2) is 6.95. The number of rotatable bonds is 8. The molecule has 0 bridgehead atoms. The largest absolute Gasteiger partial charge is 0.496 e. The van der Waals surface area contributed by atoms with Crippen LogP contribution in [0.4, 0.5) is 5.69 Å². The Morgan fingerprint density at radius 2 is 2.20 bits per heavy atom. The van der Waals surface area contributed by atoms with Gasteiger partial charge in [-0.25, -0.2) is 0 Å². The second-order valence-corrected chi connectivity index (χ2v) is 5.32. The molecule has 1 atom stereocenters. The summed E-state index contributed by atoms with van der Waals surface area (Å²) in [6.45, 7) is 6.06. The molecular formula is C16H26N2O2. The SMILES string of the molecule is CCNC(C)c1c(OC)cccc1N(CCO)C1CC1. The average Bonchev–Trinajstić information content (AvgIpc) is 3.28. The Morgan fingerprint density at radius 3 is 2.75 bits per heavy atom.